The van der Waals surface area contributed by atoms with Gasteiger partial charge in [-0.05, 0) is 31.0 Å². The first kappa shape index (κ1) is 16.2. The molecule has 0 atom stereocenters. The molecule has 0 saturated heterocycles. The molecule has 0 radical (unpaired) electrons. The summed E-state index contributed by atoms with van der Waals surface area (Å²) in [6, 6.07) is 5.07. The monoisotopic (exact) mass is 353 g/mol. The van der Waals surface area contributed by atoms with E-state index >= 15 is 0 Å². The third kappa shape index (κ3) is 3.03. The van der Waals surface area contributed by atoms with Gasteiger partial charge in [0.15, 0.2) is 5.82 Å². The van der Waals surface area contributed by atoms with Gasteiger partial charge in [0.1, 0.15) is 17.9 Å². The molecular formula is C17H19N7O2. The van der Waals surface area contributed by atoms with Gasteiger partial charge in [0.25, 0.3) is 11.5 Å². The average Bonchev–Trinajstić information content (AvgIpc) is 3.22. The van der Waals surface area contributed by atoms with Gasteiger partial charge in [-0.3, -0.25) is 14.3 Å². The van der Waals surface area contributed by atoms with Crippen LogP contribution in [0.2, 0.25) is 0 Å². The summed E-state index contributed by atoms with van der Waals surface area (Å²) in [5.74, 6) is 1.66. The minimum absolute atomic E-state index is 0.0402. The lowest BCUT2D eigenvalue weighted by Gasteiger charge is -2.34. The number of H-pyrrole nitrogens is 1. The standard InChI is InChI=1S/C17H19N7O2/c1-23-14(10-24-7-3-6-19-24)21-22-15(23)11-8-12(9-11)20-17(26)13-4-2-5-18-16(13)25/h2-7,11-12H,8-10H2,1H3,(H,18,25)(H,20,26). The van der Waals surface area contributed by atoms with E-state index in [1.165, 1.54) is 12.3 Å². The van der Waals surface area contributed by atoms with Crippen molar-refractivity contribution in [2.24, 2.45) is 7.05 Å². The second-order valence-corrected chi connectivity index (χ2v) is 6.49. The van der Waals surface area contributed by atoms with E-state index in [2.05, 4.69) is 25.6 Å². The highest BCUT2D eigenvalue weighted by molar-refractivity contribution is 5.94. The molecule has 1 saturated carbocycles. The first-order valence-corrected chi connectivity index (χ1v) is 8.46. The Hall–Kier alpha value is -3.23. The van der Waals surface area contributed by atoms with Crippen LogP contribution >= 0.6 is 0 Å². The molecule has 1 fully saturated rings. The molecular weight excluding hydrogens is 334 g/mol. The van der Waals surface area contributed by atoms with Gasteiger partial charge in [-0.2, -0.15) is 5.10 Å². The summed E-state index contributed by atoms with van der Waals surface area (Å²) in [5, 5.41) is 15.7. The van der Waals surface area contributed by atoms with Crippen LogP contribution < -0.4 is 10.9 Å². The average molecular weight is 353 g/mol. The largest absolute Gasteiger partial charge is 0.349 e. The van der Waals surface area contributed by atoms with E-state index in [1.54, 1.807) is 16.9 Å². The summed E-state index contributed by atoms with van der Waals surface area (Å²) in [7, 11) is 1.95. The molecule has 0 aliphatic heterocycles. The van der Waals surface area contributed by atoms with Crippen molar-refractivity contribution in [2.45, 2.75) is 31.3 Å². The molecule has 9 heteroatoms. The second kappa shape index (κ2) is 6.58. The third-order valence-corrected chi connectivity index (χ3v) is 4.76. The van der Waals surface area contributed by atoms with Crippen molar-refractivity contribution in [1.29, 1.82) is 0 Å². The van der Waals surface area contributed by atoms with E-state index in [4.69, 9.17) is 0 Å². The number of hydrogen-bond acceptors (Lipinski definition) is 5. The van der Waals surface area contributed by atoms with Crippen LogP contribution in [-0.4, -0.2) is 41.5 Å². The van der Waals surface area contributed by atoms with Crippen molar-refractivity contribution in [3.8, 4) is 0 Å². The number of aromatic nitrogens is 6. The summed E-state index contributed by atoms with van der Waals surface area (Å²) in [6.45, 7) is 0.570. The Morgan fingerprint density at radius 1 is 1.35 bits per heavy atom. The summed E-state index contributed by atoms with van der Waals surface area (Å²) in [4.78, 5) is 26.4. The van der Waals surface area contributed by atoms with E-state index in [0.717, 1.165) is 24.5 Å². The van der Waals surface area contributed by atoms with Gasteiger partial charge in [-0.1, -0.05) is 0 Å². The normalized spacial score (nSPS) is 19.1. The number of amides is 1. The maximum Gasteiger partial charge on any atom is 0.260 e. The molecule has 3 aromatic heterocycles. The number of carbonyl (C=O) groups excluding carboxylic acids is 1. The number of pyridine rings is 1. The topological polar surface area (TPSA) is 110 Å². The van der Waals surface area contributed by atoms with Crippen molar-refractivity contribution >= 4 is 5.91 Å². The molecule has 3 heterocycles. The lowest BCUT2D eigenvalue weighted by molar-refractivity contribution is 0.0905. The molecule has 134 valence electrons. The van der Waals surface area contributed by atoms with Gasteiger partial charge in [-0.25, -0.2) is 0 Å². The van der Waals surface area contributed by atoms with Crippen LogP contribution in [0.25, 0.3) is 0 Å². The van der Waals surface area contributed by atoms with Crippen LogP contribution in [0.1, 0.15) is 40.8 Å². The number of carbonyl (C=O) groups is 1. The molecule has 1 aliphatic carbocycles. The van der Waals surface area contributed by atoms with E-state index < -0.39 is 0 Å². The first-order chi connectivity index (χ1) is 12.6. The Labute approximate surface area is 149 Å². The lowest BCUT2D eigenvalue weighted by Crippen LogP contribution is -2.45. The summed E-state index contributed by atoms with van der Waals surface area (Å²) in [6.07, 6.45) is 6.69. The van der Waals surface area contributed by atoms with Gasteiger partial charge in [0.2, 0.25) is 0 Å². The number of hydrogen-bond donors (Lipinski definition) is 2. The van der Waals surface area contributed by atoms with Crippen molar-refractivity contribution in [1.82, 2.24) is 34.8 Å². The minimum atomic E-state index is -0.377. The highest BCUT2D eigenvalue weighted by Crippen LogP contribution is 2.36. The fourth-order valence-electron chi connectivity index (χ4n) is 3.22. The van der Waals surface area contributed by atoms with E-state index in [9.17, 15) is 9.59 Å². The maximum absolute atomic E-state index is 12.2. The summed E-state index contributed by atoms with van der Waals surface area (Å²) >= 11 is 0. The molecule has 1 amide bonds. The second-order valence-electron chi connectivity index (χ2n) is 6.49. The van der Waals surface area contributed by atoms with Gasteiger partial charge in [-0.15, -0.1) is 10.2 Å². The van der Waals surface area contributed by atoms with Crippen molar-refractivity contribution in [3.05, 3.63) is 64.4 Å². The Morgan fingerprint density at radius 3 is 2.92 bits per heavy atom. The zero-order chi connectivity index (χ0) is 18.1. The van der Waals surface area contributed by atoms with E-state index in [-0.39, 0.29) is 29.0 Å². The van der Waals surface area contributed by atoms with Gasteiger partial charge in [0, 0.05) is 37.6 Å². The zero-order valence-electron chi connectivity index (χ0n) is 14.3. The fourth-order valence-corrected chi connectivity index (χ4v) is 3.22. The van der Waals surface area contributed by atoms with Crippen LogP contribution in [0.15, 0.2) is 41.6 Å². The maximum atomic E-state index is 12.2. The van der Waals surface area contributed by atoms with Gasteiger partial charge >= 0.3 is 0 Å². The smallest absolute Gasteiger partial charge is 0.260 e. The Bertz CT molecular complexity index is 967. The van der Waals surface area contributed by atoms with E-state index in [0.29, 0.717) is 6.54 Å². The van der Waals surface area contributed by atoms with Gasteiger partial charge in [0.05, 0.1) is 0 Å². The molecule has 4 rings (SSSR count). The molecule has 26 heavy (non-hydrogen) atoms. The zero-order valence-corrected chi connectivity index (χ0v) is 14.3. The number of nitrogens with one attached hydrogen (secondary N) is 2. The fraction of sp³-hybridized carbons (Fsp3) is 0.353. The third-order valence-electron chi connectivity index (χ3n) is 4.76. The Morgan fingerprint density at radius 2 is 2.19 bits per heavy atom. The number of nitrogens with zero attached hydrogens (tertiary/aromatic N) is 5. The lowest BCUT2D eigenvalue weighted by atomic mass is 9.79. The van der Waals surface area contributed by atoms with Crippen molar-refractivity contribution in [3.63, 3.8) is 0 Å². The number of aromatic amines is 1. The van der Waals surface area contributed by atoms with Crippen molar-refractivity contribution in [2.75, 3.05) is 0 Å². The summed E-state index contributed by atoms with van der Waals surface area (Å²) in [5.41, 5.74) is -0.242. The predicted molar refractivity (Wildman–Crippen MR) is 92.6 cm³/mol. The first-order valence-electron chi connectivity index (χ1n) is 8.46. The number of rotatable bonds is 5. The molecule has 2 N–H and O–H groups in total. The van der Waals surface area contributed by atoms with Crippen LogP contribution in [0.3, 0.4) is 0 Å². The SMILES string of the molecule is Cn1c(Cn2cccn2)nnc1C1CC(NC(=O)c2ccc[nH]c2=O)C1. The van der Waals surface area contributed by atoms with Crippen LogP contribution in [0.4, 0.5) is 0 Å². The van der Waals surface area contributed by atoms with Gasteiger partial charge < -0.3 is 14.9 Å². The van der Waals surface area contributed by atoms with Crippen LogP contribution in [-0.2, 0) is 13.6 Å². The Kier molecular flexibility index (Phi) is 4.11. The van der Waals surface area contributed by atoms with Crippen molar-refractivity contribution < 1.29 is 4.79 Å². The molecule has 0 bridgehead atoms. The molecule has 0 aromatic carbocycles. The highest BCUT2D eigenvalue weighted by atomic mass is 16.2. The molecule has 0 spiro atoms. The quantitative estimate of drug-likeness (QED) is 0.691. The predicted octanol–water partition coefficient (Wildman–Crippen LogP) is 0.424. The minimum Gasteiger partial charge on any atom is -0.349 e. The van der Waals surface area contributed by atoms with Crippen LogP contribution in [0.5, 0.6) is 0 Å². The summed E-state index contributed by atoms with van der Waals surface area (Å²) < 4.78 is 3.79. The van der Waals surface area contributed by atoms with Crippen LogP contribution in [0, 0.1) is 0 Å². The molecule has 9 nitrogen and oxygen atoms in total. The van der Waals surface area contributed by atoms with E-state index in [1.807, 2.05) is 23.9 Å². The molecule has 0 unspecified atom stereocenters. The Balaban J connectivity index is 1.36. The molecule has 1 aliphatic rings. The highest BCUT2D eigenvalue weighted by Gasteiger charge is 2.35. The molecule has 3 aromatic rings.